The predicted molar refractivity (Wildman–Crippen MR) is 81.5 cm³/mol. The van der Waals surface area contributed by atoms with E-state index in [-0.39, 0.29) is 0 Å². The van der Waals surface area contributed by atoms with Crippen LogP contribution in [0.15, 0.2) is 0 Å². The van der Waals surface area contributed by atoms with Gasteiger partial charge in [-0.3, -0.25) is 0 Å². The van der Waals surface area contributed by atoms with Gasteiger partial charge in [0.1, 0.15) is 0 Å². The molecule has 2 saturated carbocycles. The molecule has 0 heterocycles. The number of ether oxygens (including phenoxy) is 1. The average molecular weight is 267 g/mol. The summed E-state index contributed by atoms with van der Waals surface area (Å²) in [7, 11) is 0. The van der Waals surface area contributed by atoms with Gasteiger partial charge in [-0.2, -0.15) is 0 Å². The second-order valence-electron chi connectivity index (χ2n) is 6.58. The Morgan fingerprint density at radius 2 is 1.84 bits per heavy atom. The van der Waals surface area contributed by atoms with Crippen LogP contribution in [-0.2, 0) is 4.74 Å². The molecule has 2 aliphatic carbocycles. The van der Waals surface area contributed by atoms with E-state index in [4.69, 9.17) is 4.74 Å². The maximum absolute atomic E-state index is 6.06. The Morgan fingerprint density at radius 3 is 2.63 bits per heavy atom. The zero-order chi connectivity index (χ0) is 13.3. The second kappa shape index (κ2) is 8.97. The van der Waals surface area contributed by atoms with E-state index in [9.17, 15) is 0 Å². The molecule has 0 spiro atoms. The van der Waals surface area contributed by atoms with Gasteiger partial charge in [0.25, 0.3) is 0 Å². The van der Waals surface area contributed by atoms with Crippen LogP contribution in [0.2, 0.25) is 0 Å². The first-order valence-corrected chi connectivity index (χ1v) is 8.73. The second-order valence-corrected chi connectivity index (χ2v) is 6.58. The van der Waals surface area contributed by atoms with Crippen molar-refractivity contribution < 1.29 is 4.74 Å². The SMILES string of the molecule is CCC1CCCC(OCCCNC2CCCCC2)C1. The Hall–Kier alpha value is -0.0800. The van der Waals surface area contributed by atoms with E-state index in [1.807, 2.05) is 0 Å². The van der Waals surface area contributed by atoms with E-state index in [0.717, 1.165) is 25.1 Å². The standard InChI is InChI=1S/C17H33NO/c1-2-15-8-6-11-17(14-15)19-13-7-12-18-16-9-4-3-5-10-16/h15-18H,2-14H2,1H3. The maximum Gasteiger partial charge on any atom is 0.0577 e. The van der Waals surface area contributed by atoms with Gasteiger partial charge in [0.15, 0.2) is 0 Å². The van der Waals surface area contributed by atoms with Crippen LogP contribution in [0, 0.1) is 5.92 Å². The summed E-state index contributed by atoms with van der Waals surface area (Å²) in [6.07, 6.45) is 15.6. The molecule has 2 atom stereocenters. The summed E-state index contributed by atoms with van der Waals surface area (Å²) in [5.74, 6) is 0.930. The van der Waals surface area contributed by atoms with Gasteiger partial charge in [0, 0.05) is 12.6 Å². The highest BCUT2D eigenvalue weighted by molar-refractivity contribution is 4.73. The van der Waals surface area contributed by atoms with Gasteiger partial charge in [-0.05, 0) is 44.6 Å². The van der Waals surface area contributed by atoms with Gasteiger partial charge in [-0.15, -0.1) is 0 Å². The van der Waals surface area contributed by atoms with Gasteiger partial charge in [0.2, 0.25) is 0 Å². The lowest BCUT2D eigenvalue weighted by Crippen LogP contribution is -2.32. The Balaban J connectivity index is 1.47. The zero-order valence-corrected chi connectivity index (χ0v) is 12.8. The highest BCUT2D eigenvalue weighted by atomic mass is 16.5. The third kappa shape index (κ3) is 5.83. The minimum atomic E-state index is 0.563. The van der Waals surface area contributed by atoms with Crippen LogP contribution >= 0.6 is 0 Å². The average Bonchev–Trinajstić information content (AvgIpc) is 2.48. The molecule has 1 N–H and O–H groups in total. The third-order valence-electron chi connectivity index (χ3n) is 5.02. The molecule has 0 aromatic carbocycles. The van der Waals surface area contributed by atoms with Crippen molar-refractivity contribution in [3.8, 4) is 0 Å². The van der Waals surface area contributed by atoms with E-state index in [1.54, 1.807) is 0 Å². The number of hydrogen-bond acceptors (Lipinski definition) is 2. The summed E-state index contributed by atoms with van der Waals surface area (Å²) < 4.78 is 6.06. The van der Waals surface area contributed by atoms with Crippen LogP contribution in [0.1, 0.15) is 77.6 Å². The van der Waals surface area contributed by atoms with Crippen molar-refractivity contribution in [1.82, 2.24) is 5.32 Å². The Labute approximate surface area is 119 Å². The molecule has 19 heavy (non-hydrogen) atoms. The van der Waals surface area contributed by atoms with Crippen molar-refractivity contribution in [2.45, 2.75) is 89.7 Å². The number of nitrogens with one attached hydrogen (secondary N) is 1. The summed E-state index contributed by atoms with van der Waals surface area (Å²) in [6, 6.07) is 0.799. The summed E-state index contributed by atoms with van der Waals surface area (Å²) in [5, 5.41) is 3.70. The molecule has 0 saturated heterocycles. The molecular weight excluding hydrogens is 234 g/mol. The lowest BCUT2D eigenvalue weighted by molar-refractivity contribution is 0.0113. The minimum Gasteiger partial charge on any atom is -0.378 e. The molecule has 112 valence electrons. The lowest BCUT2D eigenvalue weighted by Gasteiger charge is -2.28. The highest BCUT2D eigenvalue weighted by Gasteiger charge is 2.20. The molecule has 0 aromatic heterocycles. The quantitative estimate of drug-likeness (QED) is 0.695. The third-order valence-corrected chi connectivity index (χ3v) is 5.02. The van der Waals surface area contributed by atoms with Gasteiger partial charge in [0.05, 0.1) is 6.10 Å². The number of rotatable bonds is 7. The highest BCUT2D eigenvalue weighted by Crippen LogP contribution is 2.28. The summed E-state index contributed by atoms with van der Waals surface area (Å²) >= 11 is 0. The summed E-state index contributed by atoms with van der Waals surface area (Å²) in [5.41, 5.74) is 0. The van der Waals surface area contributed by atoms with Crippen LogP contribution in [0.25, 0.3) is 0 Å². The van der Waals surface area contributed by atoms with Crippen molar-refractivity contribution in [3.05, 3.63) is 0 Å². The Kier molecular flexibility index (Phi) is 7.23. The molecule has 2 rings (SSSR count). The van der Waals surface area contributed by atoms with Crippen molar-refractivity contribution in [1.29, 1.82) is 0 Å². The van der Waals surface area contributed by atoms with Gasteiger partial charge < -0.3 is 10.1 Å². The normalized spacial score (nSPS) is 29.5. The molecule has 0 amide bonds. The first-order chi connectivity index (χ1) is 9.38. The largest absolute Gasteiger partial charge is 0.378 e. The summed E-state index contributed by atoms with van der Waals surface area (Å²) in [6.45, 7) is 4.43. The molecule has 0 radical (unpaired) electrons. The lowest BCUT2D eigenvalue weighted by atomic mass is 9.85. The first kappa shape index (κ1) is 15.3. The van der Waals surface area contributed by atoms with Crippen LogP contribution < -0.4 is 5.32 Å². The fraction of sp³-hybridized carbons (Fsp3) is 1.00. The van der Waals surface area contributed by atoms with Crippen LogP contribution in [-0.4, -0.2) is 25.3 Å². The van der Waals surface area contributed by atoms with Crippen molar-refractivity contribution in [2.75, 3.05) is 13.2 Å². The van der Waals surface area contributed by atoms with Crippen LogP contribution in [0.5, 0.6) is 0 Å². The van der Waals surface area contributed by atoms with E-state index in [2.05, 4.69) is 12.2 Å². The van der Waals surface area contributed by atoms with E-state index < -0.39 is 0 Å². The van der Waals surface area contributed by atoms with Gasteiger partial charge in [-0.1, -0.05) is 45.4 Å². The summed E-state index contributed by atoms with van der Waals surface area (Å²) in [4.78, 5) is 0. The monoisotopic (exact) mass is 267 g/mol. The topological polar surface area (TPSA) is 21.3 Å². The molecular formula is C17H33NO. The smallest absolute Gasteiger partial charge is 0.0577 e. The molecule has 2 aliphatic rings. The van der Waals surface area contributed by atoms with E-state index in [1.165, 1.54) is 70.6 Å². The van der Waals surface area contributed by atoms with Crippen LogP contribution in [0.4, 0.5) is 0 Å². The fourth-order valence-corrected chi connectivity index (χ4v) is 3.70. The number of hydrogen-bond donors (Lipinski definition) is 1. The van der Waals surface area contributed by atoms with E-state index in [0.29, 0.717) is 6.10 Å². The van der Waals surface area contributed by atoms with Gasteiger partial charge in [-0.25, -0.2) is 0 Å². The molecule has 0 aromatic rings. The molecule has 2 heteroatoms. The molecule has 2 unspecified atom stereocenters. The van der Waals surface area contributed by atoms with Crippen molar-refractivity contribution in [3.63, 3.8) is 0 Å². The fourth-order valence-electron chi connectivity index (χ4n) is 3.70. The zero-order valence-electron chi connectivity index (χ0n) is 12.8. The minimum absolute atomic E-state index is 0.563. The Morgan fingerprint density at radius 1 is 1.00 bits per heavy atom. The van der Waals surface area contributed by atoms with Crippen molar-refractivity contribution >= 4 is 0 Å². The predicted octanol–water partition coefficient (Wildman–Crippen LogP) is 4.28. The Bertz CT molecular complexity index is 225. The first-order valence-electron chi connectivity index (χ1n) is 8.73. The van der Waals surface area contributed by atoms with Crippen LogP contribution in [0.3, 0.4) is 0 Å². The van der Waals surface area contributed by atoms with E-state index >= 15 is 0 Å². The van der Waals surface area contributed by atoms with Gasteiger partial charge >= 0.3 is 0 Å². The molecule has 2 fully saturated rings. The molecule has 2 nitrogen and oxygen atoms in total. The molecule has 0 bridgehead atoms. The molecule has 0 aliphatic heterocycles. The maximum atomic E-state index is 6.06. The van der Waals surface area contributed by atoms with Crippen molar-refractivity contribution in [2.24, 2.45) is 5.92 Å².